The fourth-order valence-corrected chi connectivity index (χ4v) is 2.03. The van der Waals surface area contributed by atoms with Crippen LogP contribution in [0.4, 0.5) is 0 Å². The van der Waals surface area contributed by atoms with Gasteiger partial charge in [0, 0.05) is 6.20 Å². The van der Waals surface area contributed by atoms with Gasteiger partial charge in [0.2, 0.25) is 0 Å². The topological polar surface area (TPSA) is 91.4 Å². The first-order chi connectivity index (χ1) is 10.3. The Morgan fingerprint density at radius 1 is 1.24 bits per heavy atom. The predicted octanol–water partition coefficient (Wildman–Crippen LogP) is 1.19. The van der Waals surface area contributed by atoms with Gasteiger partial charge in [-0.15, -0.1) is 5.10 Å². The Balaban J connectivity index is 1.69. The van der Waals surface area contributed by atoms with Crippen LogP contribution in [0, 0.1) is 0 Å². The lowest BCUT2D eigenvalue weighted by Gasteiger charge is -1.91. The quantitative estimate of drug-likeness (QED) is 0.561. The van der Waals surface area contributed by atoms with E-state index in [1.165, 1.54) is 21.6 Å². The highest BCUT2D eigenvalue weighted by atomic mass is 16.5. The molecule has 0 aliphatic rings. The molecule has 0 fully saturated rings. The summed E-state index contributed by atoms with van der Waals surface area (Å²) >= 11 is 0. The number of rotatable bonds is 3. The maximum atomic E-state index is 12.1. The molecule has 4 aromatic heterocycles. The third-order valence-electron chi connectivity index (χ3n) is 3.02. The molecule has 0 saturated heterocycles. The summed E-state index contributed by atoms with van der Waals surface area (Å²) < 4.78 is 12.8. The molecule has 8 heteroatoms. The van der Waals surface area contributed by atoms with Crippen LogP contribution in [0.3, 0.4) is 0 Å². The van der Waals surface area contributed by atoms with Crippen molar-refractivity contribution in [2.24, 2.45) is 0 Å². The highest BCUT2D eigenvalue weighted by molar-refractivity contribution is 5.49. The molecule has 0 saturated carbocycles. The summed E-state index contributed by atoms with van der Waals surface area (Å²) in [6.07, 6.45) is 4.69. The molecule has 0 bridgehead atoms. The molecule has 104 valence electrons. The number of furan rings is 1. The number of fused-ring (bicyclic) bond motifs is 1. The van der Waals surface area contributed by atoms with Gasteiger partial charge in [0.15, 0.2) is 11.5 Å². The summed E-state index contributed by atoms with van der Waals surface area (Å²) in [5.74, 6) is 0.715. The van der Waals surface area contributed by atoms with E-state index in [4.69, 9.17) is 8.94 Å². The smallest absolute Gasteiger partial charge is 0.350 e. The molecular formula is C13H9N5O3. The van der Waals surface area contributed by atoms with Crippen LogP contribution in [0.15, 0.2) is 56.7 Å². The normalized spacial score (nSPS) is 11.2. The third-order valence-corrected chi connectivity index (χ3v) is 3.02. The average molecular weight is 283 g/mol. The van der Waals surface area contributed by atoms with Gasteiger partial charge in [-0.3, -0.25) is 4.40 Å². The van der Waals surface area contributed by atoms with E-state index in [2.05, 4.69) is 15.2 Å². The van der Waals surface area contributed by atoms with Crippen molar-refractivity contribution < 1.29 is 8.94 Å². The van der Waals surface area contributed by atoms with E-state index in [0.717, 1.165) is 0 Å². The molecule has 0 aliphatic heterocycles. The molecule has 8 nitrogen and oxygen atoms in total. The summed E-state index contributed by atoms with van der Waals surface area (Å²) in [6, 6.07) is 7.06. The monoisotopic (exact) mass is 283 g/mol. The van der Waals surface area contributed by atoms with E-state index < -0.39 is 0 Å². The summed E-state index contributed by atoms with van der Waals surface area (Å²) in [4.78, 5) is 16.3. The largest absolute Gasteiger partial charge is 0.472 e. The van der Waals surface area contributed by atoms with E-state index in [-0.39, 0.29) is 12.2 Å². The minimum atomic E-state index is -0.250. The Hall–Kier alpha value is -3.16. The lowest BCUT2D eigenvalue weighted by molar-refractivity contribution is 0.417. The number of nitrogens with zero attached hydrogens (tertiary/aromatic N) is 5. The van der Waals surface area contributed by atoms with Gasteiger partial charge in [0.25, 0.3) is 5.89 Å². The number of hydrogen-bond acceptors (Lipinski definition) is 6. The standard InChI is InChI=1S/C13H9N5O3/c19-13-17-5-2-1-3-11(17)15-18(13)7-10-14-12(21-16-10)9-4-6-20-8-9/h1-6,8H,7H2. The zero-order chi connectivity index (χ0) is 14.2. The molecule has 0 amide bonds. The molecule has 0 aliphatic carbocycles. The SMILES string of the molecule is O=c1n(Cc2noc(-c3ccoc3)n2)nc2ccccn12. The summed E-state index contributed by atoms with van der Waals surface area (Å²) in [5.41, 5.74) is 1.01. The molecular weight excluding hydrogens is 274 g/mol. The van der Waals surface area contributed by atoms with Crippen LogP contribution in [0.1, 0.15) is 5.82 Å². The van der Waals surface area contributed by atoms with E-state index in [9.17, 15) is 4.79 Å². The van der Waals surface area contributed by atoms with Crippen molar-refractivity contribution in [1.29, 1.82) is 0 Å². The fourth-order valence-electron chi connectivity index (χ4n) is 2.03. The van der Waals surface area contributed by atoms with Crippen molar-refractivity contribution in [2.75, 3.05) is 0 Å². The van der Waals surface area contributed by atoms with Crippen LogP contribution in [0.25, 0.3) is 17.1 Å². The van der Waals surface area contributed by atoms with Crippen molar-refractivity contribution in [3.05, 3.63) is 59.3 Å². The second kappa shape index (κ2) is 4.44. The number of pyridine rings is 1. The molecule has 0 N–H and O–H groups in total. The maximum Gasteiger partial charge on any atom is 0.350 e. The first-order valence-corrected chi connectivity index (χ1v) is 6.20. The van der Waals surface area contributed by atoms with Crippen LogP contribution in [-0.2, 0) is 6.54 Å². The molecule has 0 aromatic carbocycles. The summed E-state index contributed by atoms with van der Waals surface area (Å²) in [6.45, 7) is 0.141. The molecule has 0 radical (unpaired) electrons. The highest BCUT2D eigenvalue weighted by Crippen LogP contribution is 2.17. The van der Waals surface area contributed by atoms with E-state index in [1.807, 2.05) is 6.07 Å². The molecule has 0 spiro atoms. The Morgan fingerprint density at radius 3 is 3.00 bits per heavy atom. The summed E-state index contributed by atoms with van der Waals surface area (Å²) in [5, 5.41) is 8.05. The van der Waals surface area contributed by atoms with E-state index >= 15 is 0 Å². The van der Waals surface area contributed by atoms with Gasteiger partial charge < -0.3 is 8.94 Å². The van der Waals surface area contributed by atoms with Crippen molar-refractivity contribution in [3.8, 4) is 11.5 Å². The van der Waals surface area contributed by atoms with Crippen molar-refractivity contribution in [3.63, 3.8) is 0 Å². The van der Waals surface area contributed by atoms with Crippen molar-refractivity contribution in [2.45, 2.75) is 6.54 Å². The Morgan fingerprint density at radius 2 is 2.19 bits per heavy atom. The van der Waals surface area contributed by atoms with Gasteiger partial charge in [-0.05, 0) is 18.2 Å². The molecule has 4 rings (SSSR count). The van der Waals surface area contributed by atoms with Gasteiger partial charge >= 0.3 is 5.69 Å². The lowest BCUT2D eigenvalue weighted by atomic mass is 10.3. The predicted molar refractivity (Wildman–Crippen MR) is 70.6 cm³/mol. The van der Waals surface area contributed by atoms with Crippen LogP contribution < -0.4 is 5.69 Å². The van der Waals surface area contributed by atoms with Gasteiger partial charge in [-0.25, -0.2) is 9.48 Å². The second-order valence-electron chi connectivity index (χ2n) is 4.40. The van der Waals surface area contributed by atoms with Crippen LogP contribution in [0.2, 0.25) is 0 Å². The molecule has 0 unspecified atom stereocenters. The van der Waals surface area contributed by atoms with E-state index in [1.54, 1.807) is 24.4 Å². The van der Waals surface area contributed by atoms with Gasteiger partial charge in [0.05, 0.1) is 11.8 Å². The van der Waals surface area contributed by atoms with E-state index in [0.29, 0.717) is 22.9 Å². The second-order valence-corrected chi connectivity index (χ2v) is 4.40. The average Bonchev–Trinajstić information content (AvgIpc) is 3.21. The zero-order valence-electron chi connectivity index (χ0n) is 10.7. The zero-order valence-corrected chi connectivity index (χ0v) is 10.7. The first kappa shape index (κ1) is 11.6. The Bertz CT molecular complexity index is 948. The van der Waals surface area contributed by atoms with Crippen LogP contribution in [0.5, 0.6) is 0 Å². The minimum Gasteiger partial charge on any atom is -0.472 e. The lowest BCUT2D eigenvalue weighted by Crippen LogP contribution is -2.22. The third kappa shape index (κ3) is 1.93. The highest BCUT2D eigenvalue weighted by Gasteiger charge is 2.13. The van der Waals surface area contributed by atoms with Gasteiger partial charge in [-0.1, -0.05) is 11.2 Å². The number of hydrogen-bond donors (Lipinski definition) is 0. The Labute approximate surface area is 117 Å². The van der Waals surface area contributed by atoms with Crippen molar-refractivity contribution >= 4 is 5.65 Å². The van der Waals surface area contributed by atoms with Crippen molar-refractivity contribution in [1.82, 2.24) is 24.3 Å². The molecule has 0 atom stereocenters. The maximum absolute atomic E-state index is 12.1. The van der Waals surface area contributed by atoms with Gasteiger partial charge in [0.1, 0.15) is 12.8 Å². The van der Waals surface area contributed by atoms with Crippen LogP contribution >= 0.6 is 0 Å². The fraction of sp³-hybridized carbons (Fsp3) is 0.0769. The Kier molecular flexibility index (Phi) is 2.46. The van der Waals surface area contributed by atoms with Gasteiger partial charge in [-0.2, -0.15) is 4.98 Å². The molecule has 21 heavy (non-hydrogen) atoms. The molecule has 4 heterocycles. The summed E-state index contributed by atoms with van der Waals surface area (Å²) in [7, 11) is 0. The first-order valence-electron chi connectivity index (χ1n) is 6.20. The number of aromatic nitrogens is 5. The van der Waals surface area contributed by atoms with Crippen LogP contribution in [-0.4, -0.2) is 24.3 Å². The minimum absolute atomic E-state index is 0.141. The molecule has 4 aromatic rings.